The van der Waals surface area contributed by atoms with Gasteiger partial charge in [-0.3, -0.25) is 4.79 Å². The number of carbonyl (C=O) groups excluding carboxylic acids is 1. The average molecular weight is 324 g/mol. The lowest BCUT2D eigenvalue weighted by Gasteiger charge is -2.43. The maximum Gasteiger partial charge on any atom is 0.223 e. The molecule has 3 heteroatoms. The van der Waals surface area contributed by atoms with Gasteiger partial charge in [-0.25, -0.2) is 0 Å². The molecule has 24 heavy (non-hydrogen) atoms. The van der Waals surface area contributed by atoms with Gasteiger partial charge in [0.15, 0.2) is 0 Å². The van der Waals surface area contributed by atoms with Crippen molar-refractivity contribution < 1.29 is 4.79 Å². The Bertz CT molecular complexity index is 761. The van der Waals surface area contributed by atoms with Crippen molar-refractivity contribution in [3.63, 3.8) is 0 Å². The fourth-order valence-corrected chi connectivity index (χ4v) is 4.95. The SMILES string of the molecule is Cc1cccc2c1c(CCC(=O)N1CCC3CCCC1C3)cn2C. The second-order valence-corrected chi connectivity index (χ2v) is 7.80. The van der Waals surface area contributed by atoms with Crippen LogP contribution in [0.5, 0.6) is 0 Å². The molecule has 3 nitrogen and oxygen atoms in total. The predicted molar refractivity (Wildman–Crippen MR) is 98.1 cm³/mol. The number of aromatic nitrogens is 1. The zero-order valence-corrected chi connectivity index (χ0v) is 14.9. The number of rotatable bonds is 3. The van der Waals surface area contributed by atoms with Crippen molar-refractivity contribution in [2.45, 2.75) is 57.9 Å². The van der Waals surface area contributed by atoms with Crippen LogP contribution in [0.1, 0.15) is 49.7 Å². The standard InChI is InChI=1S/C21H28N2O/c1-15-5-3-8-19-21(15)17(14-22(19)2)9-10-20(24)23-12-11-16-6-4-7-18(23)13-16/h3,5,8,14,16,18H,4,6-7,9-13H2,1-2H3. The van der Waals surface area contributed by atoms with E-state index >= 15 is 0 Å². The summed E-state index contributed by atoms with van der Waals surface area (Å²) < 4.78 is 2.19. The first kappa shape index (κ1) is 15.7. The minimum absolute atomic E-state index is 0.367. The van der Waals surface area contributed by atoms with E-state index in [0.29, 0.717) is 18.4 Å². The van der Waals surface area contributed by atoms with Crippen molar-refractivity contribution in [1.82, 2.24) is 9.47 Å². The molecule has 0 spiro atoms. The highest BCUT2D eigenvalue weighted by molar-refractivity contribution is 5.88. The molecular formula is C21H28N2O. The summed E-state index contributed by atoms with van der Waals surface area (Å²) in [6, 6.07) is 6.97. The molecule has 1 saturated heterocycles. The van der Waals surface area contributed by atoms with Gasteiger partial charge in [0.25, 0.3) is 0 Å². The van der Waals surface area contributed by atoms with Crippen LogP contribution in [-0.4, -0.2) is 28.0 Å². The highest BCUT2D eigenvalue weighted by atomic mass is 16.2. The Kier molecular flexibility index (Phi) is 4.11. The number of likely N-dealkylation sites (tertiary alicyclic amines) is 1. The van der Waals surface area contributed by atoms with Gasteiger partial charge in [0.2, 0.25) is 5.91 Å². The van der Waals surface area contributed by atoms with Crippen LogP contribution in [0.15, 0.2) is 24.4 Å². The van der Waals surface area contributed by atoms with Gasteiger partial charge in [0.1, 0.15) is 0 Å². The molecule has 2 bridgehead atoms. The summed E-state index contributed by atoms with van der Waals surface area (Å²) >= 11 is 0. The first-order valence-electron chi connectivity index (χ1n) is 9.46. The van der Waals surface area contributed by atoms with E-state index in [1.807, 2.05) is 0 Å². The van der Waals surface area contributed by atoms with E-state index in [4.69, 9.17) is 0 Å². The zero-order chi connectivity index (χ0) is 16.7. The summed E-state index contributed by atoms with van der Waals surface area (Å²) in [6.45, 7) is 3.16. The maximum atomic E-state index is 12.8. The van der Waals surface area contributed by atoms with Crippen molar-refractivity contribution >= 4 is 16.8 Å². The largest absolute Gasteiger partial charge is 0.350 e. The van der Waals surface area contributed by atoms with Crippen molar-refractivity contribution in [3.05, 3.63) is 35.5 Å². The lowest BCUT2D eigenvalue weighted by molar-refractivity contribution is -0.136. The Labute approximate surface area is 144 Å². The number of aryl methyl sites for hydroxylation is 3. The van der Waals surface area contributed by atoms with E-state index in [1.165, 1.54) is 54.1 Å². The van der Waals surface area contributed by atoms with Crippen LogP contribution in [0.4, 0.5) is 0 Å². The lowest BCUT2D eigenvalue weighted by atomic mass is 9.79. The first-order valence-corrected chi connectivity index (χ1v) is 9.46. The Morgan fingerprint density at radius 3 is 3.00 bits per heavy atom. The maximum absolute atomic E-state index is 12.8. The quantitative estimate of drug-likeness (QED) is 0.830. The van der Waals surface area contributed by atoms with Crippen LogP contribution in [0.25, 0.3) is 10.9 Å². The molecule has 2 unspecified atom stereocenters. The van der Waals surface area contributed by atoms with E-state index in [0.717, 1.165) is 18.9 Å². The van der Waals surface area contributed by atoms with Crippen LogP contribution in [-0.2, 0) is 18.3 Å². The molecule has 1 aromatic carbocycles. The highest BCUT2D eigenvalue weighted by Gasteiger charge is 2.33. The number of nitrogens with zero attached hydrogens (tertiary/aromatic N) is 2. The van der Waals surface area contributed by atoms with E-state index in [2.05, 4.69) is 47.8 Å². The number of amides is 1. The van der Waals surface area contributed by atoms with Gasteiger partial charge in [-0.2, -0.15) is 0 Å². The number of piperidine rings is 1. The van der Waals surface area contributed by atoms with Gasteiger partial charge in [-0.1, -0.05) is 25.0 Å². The van der Waals surface area contributed by atoms with Crippen molar-refractivity contribution in [2.75, 3.05) is 6.54 Å². The molecule has 1 saturated carbocycles. The third kappa shape index (κ3) is 2.74. The van der Waals surface area contributed by atoms with Gasteiger partial charge in [0.05, 0.1) is 0 Å². The highest BCUT2D eigenvalue weighted by Crippen LogP contribution is 2.35. The average Bonchev–Trinajstić information content (AvgIpc) is 2.91. The number of fused-ring (bicyclic) bond motifs is 3. The number of benzene rings is 1. The molecule has 2 fully saturated rings. The second-order valence-electron chi connectivity index (χ2n) is 7.80. The van der Waals surface area contributed by atoms with Crippen LogP contribution < -0.4 is 0 Å². The summed E-state index contributed by atoms with van der Waals surface area (Å²) in [5.74, 6) is 1.25. The molecule has 2 atom stereocenters. The van der Waals surface area contributed by atoms with Gasteiger partial charge in [0, 0.05) is 43.2 Å². The molecular weight excluding hydrogens is 296 g/mol. The number of carbonyl (C=O) groups is 1. The van der Waals surface area contributed by atoms with Crippen LogP contribution in [0.2, 0.25) is 0 Å². The van der Waals surface area contributed by atoms with Crippen LogP contribution >= 0.6 is 0 Å². The van der Waals surface area contributed by atoms with Gasteiger partial charge in [-0.05, 0) is 55.7 Å². The molecule has 1 aliphatic carbocycles. The Balaban J connectivity index is 1.48. The van der Waals surface area contributed by atoms with E-state index in [9.17, 15) is 4.79 Å². The first-order chi connectivity index (χ1) is 11.6. The molecule has 2 heterocycles. The van der Waals surface area contributed by atoms with Crippen molar-refractivity contribution in [2.24, 2.45) is 13.0 Å². The normalized spacial score (nSPS) is 23.7. The summed E-state index contributed by atoms with van der Waals surface area (Å²) in [4.78, 5) is 15.0. The lowest BCUT2D eigenvalue weighted by Crippen LogP contribution is -2.48. The molecule has 4 rings (SSSR count). The molecule has 2 aromatic rings. The third-order valence-corrected chi connectivity index (χ3v) is 6.20. The van der Waals surface area contributed by atoms with E-state index in [1.54, 1.807) is 0 Å². The molecule has 0 radical (unpaired) electrons. The summed E-state index contributed by atoms with van der Waals surface area (Å²) in [6.07, 6.45) is 10.1. The Morgan fingerprint density at radius 1 is 1.25 bits per heavy atom. The number of hydrogen-bond donors (Lipinski definition) is 0. The van der Waals surface area contributed by atoms with Crippen molar-refractivity contribution in [1.29, 1.82) is 0 Å². The number of hydrogen-bond acceptors (Lipinski definition) is 1. The summed E-state index contributed by atoms with van der Waals surface area (Å²) in [7, 11) is 2.10. The minimum atomic E-state index is 0.367. The Morgan fingerprint density at radius 2 is 2.12 bits per heavy atom. The molecule has 128 valence electrons. The zero-order valence-electron chi connectivity index (χ0n) is 14.9. The minimum Gasteiger partial charge on any atom is -0.350 e. The van der Waals surface area contributed by atoms with Gasteiger partial charge >= 0.3 is 0 Å². The van der Waals surface area contributed by atoms with Crippen LogP contribution in [0, 0.1) is 12.8 Å². The molecule has 1 amide bonds. The molecule has 2 aliphatic rings. The predicted octanol–water partition coefficient (Wildman–Crippen LogP) is 4.21. The monoisotopic (exact) mass is 324 g/mol. The smallest absolute Gasteiger partial charge is 0.223 e. The topological polar surface area (TPSA) is 25.2 Å². The molecule has 1 aromatic heterocycles. The van der Waals surface area contributed by atoms with E-state index < -0.39 is 0 Å². The fraction of sp³-hybridized carbons (Fsp3) is 0.571. The van der Waals surface area contributed by atoms with Crippen LogP contribution in [0.3, 0.4) is 0 Å². The summed E-state index contributed by atoms with van der Waals surface area (Å²) in [5, 5.41) is 1.34. The van der Waals surface area contributed by atoms with Gasteiger partial charge < -0.3 is 9.47 Å². The van der Waals surface area contributed by atoms with E-state index in [-0.39, 0.29) is 0 Å². The molecule has 1 aliphatic heterocycles. The van der Waals surface area contributed by atoms with Gasteiger partial charge in [-0.15, -0.1) is 0 Å². The van der Waals surface area contributed by atoms with Crippen molar-refractivity contribution in [3.8, 4) is 0 Å². The fourth-order valence-electron chi connectivity index (χ4n) is 4.95. The molecule has 0 N–H and O–H groups in total. The summed E-state index contributed by atoms with van der Waals surface area (Å²) in [5.41, 5.74) is 3.90. The second kappa shape index (κ2) is 6.27. The Hall–Kier alpha value is -1.77. The third-order valence-electron chi connectivity index (χ3n) is 6.20.